The second kappa shape index (κ2) is 11.8. The summed E-state index contributed by atoms with van der Waals surface area (Å²) in [6, 6.07) is 9.86. The molecular weight excluding hydrogens is 450 g/mol. The summed E-state index contributed by atoms with van der Waals surface area (Å²) in [5.74, 6) is -1.32. The number of hydrogen-bond acceptors (Lipinski definition) is 7. The van der Waals surface area contributed by atoms with Gasteiger partial charge in [0, 0.05) is 24.3 Å². The number of nitrogens with zero attached hydrogens (tertiary/aromatic N) is 3. The lowest BCUT2D eigenvalue weighted by molar-refractivity contribution is -0.126. The Balaban J connectivity index is 1.61. The lowest BCUT2D eigenvalue weighted by Gasteiger charge is -2.17. The third kappa shape index (κ3) is 6.93. The van der Waals surface area contributed by atoms with Crippen LogP contribution in [0, 0.1) is 0 Å². The van der Waals surface area contributed by atoms with E-state index in [-0.39, 0.29) is 11.6 Å². The zero-order valence-electron chi connectivity index (χ0n) is 19.9. The zero-order chi connectivity index (χ0) is 25.4. The molecule has 1 atom stereocenters. The van der Waals surface area contributed by atoms with Crippen molar-refractivity contribution in [3.63, 3.8) is 0 Å². The van der Waals surface area contributed by atoms with E-state index in [1.807, 2.05) is 0 Å². The van der Waals surface area contributed by atoms with E-state index in [0.29, 0.717) is 34.5 Å². The normalized spacial score (nSPS) is 12.2. The molecule has 0 radical (unpaired) electrons. The first kappa shape index (κ1) is 25.5. The number of carbonyl (C=O) groups excluding carboxylic acids is 3. The maximum Gasteiger partial charge on any atom is 0.323 e. The number of anilines is 1. The number of nitrogens with one attached hydrogen (secondary N) is 4. The van der Waals surface area contributed by atoms with Gasteiger partial charge in [-0.05, 0) is 62.5 Å². The Bertz CT molecular complexity index is 1270. The number of rotatable bonds is 11. The average molecular weight is 480 g/mol. The summed E-state index contributed by atoms with van der Waals surface area (Å²) < 4.78 is 0. The molecule has 184 valence electrons. The molecule has 3 aromatic rings. The number of azo groups is 1. The molecule has 0 aliphatic rings. The van der Waals surface area contributed by atoms with E-state index in [1.54, 1.807) is 42.5 Å². The number of aromatic amines is 2. The summed E-state index contributed by atoms with van der Waals surface area (Å²) in [5, 5.41) is 13.4. The van der Waals surface area contributed by atoms with Crippen LogP contribution in [0.2, 0.25) is 0 Å². The first-order valence-electron chi connectivity index (χ1n) is 11.4. The molecule has 35 heavy (non-hydrogen) atoms. The summed E-state index contributed by atoms with van der Waals surface area (Å²) in [6.45, 7) is 8.57. The summed E-state index contributed by atoms with van der Waals surface area (Å²) in [6.07, 6.45) is 0. The lowest BCUT2D eigenvalue weighted by Crippen LogP contribution is -2.34. The Hall–Kier alpha value is -4.12. The highest BCUT2D eigenvalue weighted by atomic mass is 16.2. The van der Waals surface area contributed by atoms with E-state index in [0.717, 1.165) is 19.6 Å². The van der Waals surface area contributed by atoms with E-state index in [4.69, 9.17) is 0 Å². The quantitative estimate of drug-likeness (QED) is 0.246. The Kier molecular flexibility index (Phi) is 8.63. The predicted molar refractivity (Wildman–Crippen MR) is 133 cm³/mol. The van der Waals surface area contributed by atoms with Gasteiger partial charge in [0.25, 0.3) is 11.8 Å². The smallest absolute Gasteiger partial charge is 0.323 e. The van der Waals surface area contributed by atoms with Crippen molar-refractivity contribution in [1.82, 2.24) is 20.2 Å². The number of hydrogen-bond donors (Lipinski definition) is 4. The monoisotopic (exact) mass is 479 g/mol. The van der Waals surface area contributed by atoms with Crippen LogP contribution in [0.1, 0.15) is 31.1 Å². The Labute approximate surface area is 202 Å². The first-order valence-corrected chi connectivity index (χ1v) is 11.4. The SMILES string of the molecule is CCN(CC)CCNC(=O)c1ccc(N=NC(C(C)=O)C(=O)Nc2ccc3[nH]c(=O)[nH]c3c2)cc1. The molecular formula is C24H29N7O4. The van der Waals surface area contributed by atoms with Crippen LogP contribution >= 0.6 is 0 Å². The van der Waals surface area contributed by atoms with Crippen LogP contribution in [0.25, 0.3) is 11.0 Å². The van der Waals surface area contributed by atoms with Gasteiger partial charge < -0.3 is 25.5 Å². The maximum absolute atomic E-state index is 12.6. The minimum absolute atomic E-state index is 0.192. The van der Waals surface area contributed by atoms with Crippen molar-refractivity contribution in [2.24, 2.45) is 10.2 Å². The maximum atomic E-state index is 12.6. The van der Waals surface area contributed by atoms with Gasteiger partial charge in [-0.1, -0.05) is 13.8 Å². The van der Waals surface area contributed by atoms with Gasteiger partial charge in [-0.25, -0.2) is 4.79 Å². The van der Waals surface area contributed by atoms with E-state index in [9.17, 15) is 19.2 Å². The van der Waals surface area contributed by atoms with Crippen molar-refractivity contribution < 1.29 is 14.4 Å². The van der Waals surface area contributed by atoms with Crippen molar-refractivity contribution in [3.05, 3.63) is 58.5 Å². The number of Topliss-reactive ketones (excluding diaryl/α,β-unsaturated/α-hetero) is 1. The average Bonchev–Trinajstić information content (AvgIpc) is 3.21. The molecule has 0 saturated heterocycles. The molecule has 1 aromatic heterocycles. The minimum Gasteiger partial charge on any atom is -0.351 e. The number of likely N-dealkylation sites (N-methyl/N-ethyl adjacent to an activating group) is 1. The molecule has 11 heteroatoms. The lowest BCUT2D eigenvalue weighted by atomic mass is 10.2. The molecule has 4 N–H and O–H groups in total. The van der Waals surface area contributed by atoms with Gasteiger partial charge in [-0.3, -0.25) is 14.4 Å². The van der Waals surface area contributed by atoms with E-state index in [2.05, 4.69) is 49.6 Å². The summed E-state index contributed by atoms with van der Waals surface area (Å²) in [7, 11) is 0. The number of amides is 2. The molecule has 3 rings (SSSR count). The molecule has 0 saturated carbocycles. The number of benzene rings is 2. The topological polar surface area (TPSA) is 152 Å². The van der Waals surface area contributed by atoms with E-state index < -0.39 is 17.7 Å². The number of carbonyl (C=O) groups is 3. The fourth-order valence-corrected chi connectivity index (χ4v) is 3.41. The predicted octanol–water partition coefficient (Wildman–Crippen LogP) is 2.61. The minimum atomic E-state index is -1.35. The number of H-pyrrole nitrogens is 2. The van der Waals surface area contributed by atoms with Gasteiger partial charge in [0.2, 0.25) is 6.04 Å². The number of fused-ring (bicyclic) bond motifs is 1. The van der Waals surface area contributed by atoms with Gasteiger partial charge in [0.05, 0.1) is 16.7 Å². The van der Waals surface area contributed by atoms with Crippen molar-refractivity contribution in [1.29, 1.82) is 0 Å². The van der Waals surface area contributed by atoms with Crippen LogP contribution in [-0.2, 0) is 9.59 Å². The zero-order valence-corrected chi connectivity index (χ0v) is 19.9. The molecule has 0 fully saturated rings. The van der Waals surface area contributed by atoms with Gasteiger partial charge in [-0.2, -0.15) is 10.2 Å². The van der Waals surface area contributed by atoms with Crippen LogP contribution in [0.15, 0.2) is 57.5 Å². The highest BCUT2D eigenvalue weighted by Gasteiger charge is 2.23. The van der Waals surface area contributed by atoms with Crippen LogP contribution in [-0.4, -0.2) is 64.7 Å². The molecule has 0 aliphatic heterocycles. The fraction of sp³-hybridized carbons (Fsp3) is 0.333. The molecule has 0 bridgehead atoms. The second-order valence-electron chi connectivity index (χ2n) is 7.89. The molecule has 2 amide bonds. The van der Waals surface area contributed by atoms with Gasteiger partial charge in [0.15, 0.2) is 5.78 Å². The molecule has 11 nitrogen and oxygen atoms in total. The highest BCUT2D eigenvalue weighted by molar-refractivity contribution is 6.10. The summed E-state index contributed by atoms with van der Waals surface area (Å²) >= 11 is 0. The van der Waals surface area contributed by atoms with Crippen LogP contribution in [0.3, 0.4) is 0 Å². The number of ketones is 1. The van der Waals surface area contributed by atoms with Crippen LogP contribution < -0.4 is 16.3 Å². The van der Waals surface area contributed by atoms with Crippen molar-refractivity contribution in [2.45, 2.75) is 26.8 Å². The van der Waals surface area contributed by atoms with Crippen molar-refractivity contribution >= 4 is 40.0 Å². The standard InChI is InChI=1S/C24H29N7O4/c1-4-31(5-2)13-12-25-22(33)16-6-8-17(9-7-16)29-30-21(15(3)32)23(34)26-18-10-11-19-20(14-18)28-24(35)27-19/h6-11,14,21H,4-5,12-13H2,1-3H3,(H,25,33)(H,26,34)(H2,27,28,35). The van der Waals surface area contributed by atoms with E-state index in [1.165, 1.54) is 6.92 Å². The molecule has 0 aliphatic carbocycles. The van der Waals surface area contributed by atoms with Crippen molar-refractivity contribution in [2.75, 3.05) is 31.5 Å². The first-order chi connectivity index (χ1) is 16.8. The highest BCUT2D eigenvalue weighted by Crippen LogP contribution is 2.17. The van der Waals surface area contributed by atoms with E-state index >= 15 is 0 Å². The second-order valence-corrected chi connectivity index (χ2v) is 7.89. The van der Waals surface area contributed by atoms with Crippen molar-refractivity contribution in [3.8, 4) is 0 Å². The van der Waals surface area contributed by atoms with Crippen LogP contribution in [0.5, 0.6) is 0 Å². The Morgan fingerprint density at radius 3 is 2.34 bits per heavy atom. The molecule has 1 heterocycles. The van der Waals surface area contributed by atoms with Crippen LogP contribution in [0.4, 0.5) is 11.4 Å². The van der Waals surface area contributed by atoms with Gasteiger partial charge >= 0.3 is 5.69 Å². The molecule has 2 aromatic carbocycles. The van der Waals surface area contributed by atoms with Gasteiger partial charge in [0.1, 0.15) is 0 Å². The number of imidazole rings is 1. The third-order valence-electron chi connectivity index (χ3n) is 5.44. The fourth-order valence-electron chi connectivity index (χ4n) is 3.41. The Morgan fingerprint density at radius 2 is 1.69 bits per heavy atom. The summed E-state index contributed by atoms with van der Waals surface area (Å²) in [4.78, 5) is 55.8. The third-order valence-corrected chi connectivity index (χ3v) is 5.44. The van der Waals surface area contributed by atoms with Gasteiger partial charge in [-0.15, -0.1) is 0 Å². The molecule has 0 spiro atoms. The molecule has 1 unspecified atom stereocenters. The summed E-state index contributed by atoms with van der Waals surface area (Å²) in [5.41, 5.74) is 2.03. The largest absolute Gasteiger partial charge is 0.351 e. The number of aromatic nitrogens is 2. The Morgan fingerprint density at radius 1 is 1.00 bits per heavy atom.